The van der Waals surface area contributed by atoms with Crippen molar-refractivity contribution in [3.63, 3.8) is 0 Å². The third kappa shape index (κ3) is 54.6. The average molecular weight is 987 g/mol. The van der Waals surface area contributed by atoms with Gasteiger partial charge < -0.3 is 39.6 Å². The van der Waals surface area contributed by atoms with E-state index in [-0.39, 0.29) is 131 Å². The third-order valence-electron chi connectivity index (χ3n) is 10.4. The Hall–Kier alpha value is 1.70. The van der Waals surface area contributed by atoms with Gasteiger partial charge in [0.25, 0.3) is 0 Å². The van der Waals surface area contributed by atoms with Crippen molar-refractivity contribution in [3.8, 4) is 0 Å². The largest absolute Gasteiger partial charge is 1.00 e. The summed E-state index contributed by atoms with van der Waals surface area (Å²) in [4.78, 5) is 23.3. The van der Waals surface area contributed by atoms with Crippen LogP contribution in [0.2, 0.25) is 0 Å². The molecule has 64 heavy (non-hydrogen) atoms. The van der Waals surface area contributed by atoms with Crippen LogP contribution in [0.4, 0.5) is 0 Å². The first-order valence-electron chi connectivity index (χ1n) is 23.3. The van der Waals surface area contributed by atoms with E-state index < -0.39 is 67.3 Å². The Morgan fingerprint density at radius 3 is 0.719 bits per heavy atom. The van der Waals surface area contributed by atoms with Crippen molar-refractivity contribution in [1.82, 2.24) is 0 Å². The molecule has 2 N–H and O–H groups in total. The van der Waals surface area contributed by atoms with E-state index in [2.05, 4.69) is 13.8 Å². The molecule has 0 aromatic rings. The first-order valence-corrected chi connectivity index (χ1v) is 26.2. The van der Waals surface area contributed by atoms with Crippen LogP contribution in [0.5, 0.6) is 0 Å². The molecule has 0 spiro atoms. The number of hydrogen-bond acceptors (Lipinski definition) is 14. The predicted molar refractivity (Wildman–Crippen MR) is 233 cm³/mol. The number of nitrogens with one attached hydrogen (secondary N) is 2. The summed E-state index contributed by atoms with van der Waals surface area (Å²) in [6.07, 6.45) is 37.1. The summed E-state index contributed by atoms with van der Waals surface area (Å²) in [5, 5.41) is 30.7. The minimum Gasteiger partial charge on any atom is -0.862 e. The van der Waals surface area contributed by atoms with Crippen LogP contribution in [-0.2, 0) is 39.3 Å². The van der Waals surface area contributed by atoms with Crippen molar-refractivity contribution in [3.05, 3.63) is 0 Å². The van der Waals surface area contributed by atoms with E-state index in [1.165, 1.54) is 154 Å². The number of ether oxygens (including phenoxy) is 2. The first kappa shape index (κ1) is 77.2. The van der Waals surface area contributed by atoms with Crippen LogP contribution in [0.1, 0.15) is 232 Å². The minimum absolute atomic E-state index is 0. The van der Waals surface area contributed by atoms with Gasteiger partial charge in [-0.3, -0.25) is 9.59 Å². The molecule has 0 fully saturated rings. The van der Waals surface area contributed by atoms with E-state index >= 15 is 0 Å². The third-order valence-corrected chi connectivity index (χ3v) is 12.6. The first-order chi connectivity index (χ1) is 28.6. The Morgan fingerprint density at radius 1 is 0.391 bits per heavy atom. The second-order valence-electron chi connectivity index (χ2n) is 16.2. The van der Waals surface area contributed by atoms with E-state index in [9.17, 15) is 45.7 Å². The van der Waals surface area contributed by atoms with Crippen LogP contribution in [0.3, 0.4) is 0 Å². The molecule has 0 aromatic carbocycles. The SMILES string of the molecule is CCCCCCCCCCCCCCCCCCOC(=O)C(CC(=N)[O-])S(=O)(=O)[O-].CCCCCCCCCCCCCCCCCCOC(=O)C(CC(=N)[O-])S(=O)(=O)[O-].[Na+].[Na+].[Na+].[Na+]. The Balaban J connectivity index is -0.000000247. The fourth-order valence-electron chi connectivity index (χ4n) is 6.77. The smallest absolute Gasteiger partial charge is 0.862 e. The zero-order chi connectivity index (χ0) is 45.3. The molecule has 0 aliphatic heterocycles. The molecule has 0 saturated carbocycles. The summed E-state index contributed by atoms with van der Waals surface area (Å²) in [6, 6.07) is 0. The van der Waals surface area contributed by atoms with Crippen molar-refractivity contribution in [2.24, 2.45) is 0 Å². The Labute approximate surface area is 478 Å². The van der Waals surface area contributed by atoms with Gasteiger partial charge in [0.05, 0.1) is 13.2 Å². The second-order valence-corrected chi connectivity index (χ2v) is 19.3. The molecule has 2 atom stereocenters. The van der Waals surface area contributed by atoms with Gasteiger partial charge in [-0.05, 0) is 24.6 Å². The van der Waals surface area contributed by atoms with Gasteiger partial charge in [0.1, 0.15) is 20.2 Å². The summed E-state index contributed by atoms with van der Waals surface area (Å²) >= 11 is 0. The van der Waals surface area contributed by atoms with E-state index in [4.69, 9.17) is 20.3 Å². The van der Waals surface area contributed by atoms with Crippen LogP contribution < -0.4 is 128 Å². The fraction of sp³-hybridized carbons (Fsp3) is 0.909. The van der Waals surface area contributed by atoms with Crippen molar-refractivity contribution in [2.75, 3.05) is 13.2 Å². The van der Waals surface area contributed by atoms with Crippen LogP contribution in [0.25, 0.3) is 0 Å². The van der Waals surface area contributed by atoms with E-state index in [0.717, 1.165) is 38.5 Å². The molecule has 0 heterocycles. The van der Waals surface area contributed by atoms with Gasteiger partial charge in [0, 0.05) is 12.8 Å². The molecule has 0 saturated heterocycles. The molecule has 0 aliphatic carbocycles. The van der Waals surface area contributed by atoms with Gasteiger partial charge in [-0.1, -0.05) is 206 Å². The van der Waals surface area contributed by atoms with Crippen LogP contribution in [-0.4, -0.2) is 73.4 Å². The Kier molecular flexibility index (Phi) is 65.2. The molecule has 2 unspecified atom stereocenters. The average Bonchev–Trinajstić information content (AvgIpc) is 3.17. The van der Waals surface area contributed by atoms with Crippen LogP contribution in [0.15, 0.2) is 0 Å². The van der Waals surface area contributed by atoms with Gasteiger partial charge >= 0.3 is 130 Å². The Bertz CT molecular complexity index is 1220. The maximum Gasteiger partial charge on any atom is 1.00 e. The number of rotatable bonds is 42. The summed E-state index contributed by atoms with van der Waals surface area (Å²) in [6.45, 7) is 4.53. The fourth-order valence-corrected chi connectivity index (χ4v) is 8.09. The zero-order valence-corrected chi connectivity index (χ0v) is 51.0. The van der Waals surface area contributed by atoms with Gasteiger partial charge in [0.15, 0.2) is 10.5 Å². The summed E-state index contributed by atoms with van der Waals surface area (Å²) < 4.78 is 75.6. The topological polar surface area (TPSA) is 261 Å². The molecule has 356 valence electrons. The monoisotopic (exact) mass is 986 g/mol. The van der Waals surface area contributed by atoms with E-state index in [1.54, 1.807) is 0 Å². The summed E-state index contributed by atoms with van der Waals surface area (Å²) in [7, 11) is -10.00. The molecule has 0 amide bonds. The molecule has 0 radical (unpaired) electrons. The standard InChI is InChI=1S/2C22H43NO6S.4Na/c2*1-2-3-4-5-6-7-8-9-10-11-12-13-14-15-16-17-18-29-22(25)20(19-21(23)24)30(26,27)28;;;;/h2*20H,2-19H2,1H3,(H2,23,24)(H,26,27,28);;;;/q;;4*+1/p-4. The quantitative estimate of drug-likeness (QED) is 0.0154. The van der Waals surface area contributed by atoms with Crippen LogP contribution in [0, 0.1) is 10.8 Å². The number of carbonyl (C=O) groups is 2. The predicted octanol–water partition coefficient (Wildman–Crippen LogP) is -3.12. The van der Waals surface area contributed by atoms with Crippen molar-refractivity contribution >= 4 is 44.0 Å². The number of esters is 2. The zero-order valence-electron chi connectivity index (χ0n) is 41.3. The van der Waals surface area contributed by atoms with Gasteiger partial charge in [-0.25, -0.2) is 16.8 Å². The molecular weight excluding hydrogens is 905 g/mol. The van der Waals surface area contributed by atoms with Crippen LogP contribution >= 0.6 is 0 Å². The molecule has 14 nitrogen and oxygen atoms in total. The number of hydrogen-bond donors (Lipinski definition) is 2. The minimum atomic E-state index is -5.00. The molecule has 0 aromatic heterocycles. The maximum absolute atomic E-state index is 11.6. The number of carbonyl (C=O) groups excluding carboxylic acids is 2. The van der Waals surface area contributed by atoms with E-state index in [1.807, 2.05) is 0 Å². The van der Waals surface area contributed by atoms with Crippen molar-refractivity contribution in [1.29, 1.82) is 10.8 Å². The van der Waals surface area contributed by atoms with Crippen molar-refractivity contribution in [2.45, 2.75) is 243 Å². The molecule has 0 rings (SSSR count). The van der Waals surface area contributed by atoms with Crippen molar-refractivity contribution < 1.29 is 173 Å². The molecule has 0 bridgehead atoms. The summed E-state index contributed by atoms with van der Waals surface area (Å²) in [5.41, 5.74) is 0. The normalized spacial score (nSPS) is 11.8. The maximum atomic E-state index is 11.6. The van der Waals surface area contributed by atoms with Gasteiger partial charge in [-0.2, -0.15) is 0 Å². The molecule has 0 aliphatic rings. The summed E-state index contributed by atoms with van der Waals surface area (Å²) in [5.74, 6) is -5.02. The van der Waals surface area contributed by atoms with Gasteiger partial charge in [-0.15, -0.1) is 0 Å². The van der Waals surface area contributed by atoms with Gasteiger partial charge in [0.2, 0.25) is 0 Å². The number of unbranched alkanes of at least 4 members (excludes halogenated alkanes) is 30. The Morgan fingerprint density at radius 2 is 0.562 bits per heavy atom. The van der Waals surface area contributed by atoms with E-state index in [0.29, 0.717) is 12.8 Å². The molecule has 20 heteroatoms. The second kappa shape index (κ2) is 54.0. The molecular formula is C44H82N2Na4O12S2.